The molecule has 0 spiro atoms. The Hall–Kier alpha value is -2.87. The van der Waals surface area contributed by atoms with Gasteiger partial charge in [-0.1, -0.05) is 23.7 Å². The van der Waals surface area contributed by atoms with Gasteiger partial charge in [0.05, 0.1) is 18.3 Å². The number of hydrogen-bond donors (Lipinski definition) is 0. The molecule has 0 saturated carbocycles. The normalized spacial score (nSPS) is 22.0. The molecule has 0 N–H and O–H groups in total. The van der Waals surface area contributed by atoms with E-state index in [1.54, 1.807) is 18.0 Å². The van der Waals surface area contributed by atoms with E-state index in [1.807, 2.05) is 48.5 Å². The maximum absolute atomic E-state index is 13.4. The third kappa shape index (κ3) is 4.11. The number of aromatic nitrogens is 2. The fourth-order valence-electron chi connectivity index (χ4n) is 5.39. The number of fused-ring (bicyclic) bond motifs is 3. The van der Waals surface area contributed by atoms with Crippen LogP contribution < -0.4 is 15.0 Å². The van der Waals surface area contributed by atoms with Gasteiger partial charge >= 0.3 is 0 Å². The van der Waals surface area contributed by atoms with Crippen molar-refractivity contribution in [1.29, 1.82) is 0 Å². The number of ether oxygens (including phenoxy) is 2. The third-order valence-corrected chi connectivity index (χ3v) is 8.75. The minimum Gasteiger partial charge on any atom is -0.493 e. The van der Waals surface area contributed by atoms with Crippen LogP contribution in [0.2, 0.25) is 5.02 Å². The van der Waals surface area contributed by atoms with Crippen LogP contribution in [-0.2, 0) is 0 Å². The molecule has 2 saturated heterocycles. The Morgan fingerprint density at radius 1 is 1.03 bits per heavy atom. The van der Waals surface area contributed by atoms with Gasteiger partial charge in [-0.05, 0) is 68.6 Å². The van der Waals surface area contributed by atoms with Crippen LogP contribution in [0, 0.1) is 0 Å². The highest BCUT2D eigenvalue weighted by Crippen LogP contribution is 2.38. The Bertz CT molecular complexity index is 1430. The number of halogens is 1. The second kappa shape index (κ2) is 8.97. The predicted octanol–water partition coefficient (Wildman–Crippen LogP) is 5.78. The van der Waals surface area contributed by atoms with Gasteiger partial charge in [0.15, 0.2) is 11.5 Å². The number of piperidine rings is 1. The van der Waals surface area contributed by atoms with Crippen molar-refractivity contribution in [2.45, 2.75) is 43.9 Å². The second-order valence-electron chi connectivity index (χ2n) is 9.35. The fraction of sp³-hybridized carbons (Fsp3) is 0.333. The highest BCUT2D eigenvalue weighted by Gasteiger charge is 2.39. The summed E-state index contributed by atoms with van der Waals surface area (Å²) in [5.41, 5.74) is 2.28. The van der Waals surface area contributed by atoms with Gasteiger partial charge in [0.2, 0.25) is 0 Å². The van der Waals surface area contributed by atoms with Crippen molar-refractivity contribution in [3.8, 4) is 27.6 Å². The molecule has 0 amide bonds. The van der Waals surface area contributed by atoms with Crippen LogP contribution in [-0.4, -0.2) is 46.8 Å². The lowest BCUT2D eigenvalue weighted by atomic mass is 10.0. The summed E-state index contributed by atoms with van der Waals surface area (Å²) in [7, 11) is 3.86. The average Bonchev–Trinajstić information content (AvgIpc) is 3.37. The Morgan fingerprint density at radius 3 is 2.49 bits per heavy atom. The lowest BCUT2D eigenvalue weighted by molar-refractivity contribution is 0.0643. The summed E-state index contributed by atoms with van der Waals surface area (Å²) in [6, 6.07) is 16.4. The van der Waals surface area contributed by atoms with E-state index in [4.69, 9.17) is 21.1 Å². The number of hydrogen-bond acceptors (Lipinski definition) is 6. The molecule has 8 heteroatoms. The van der Waals surface area contributed by atoms with Gasteiger partial charge in [0.25, 0.3) is 5.56 Å². The molecule has 4 heterocycles. The van der Waals surface area contributed by atoms with Crippen LogP contribution in [0.25, 0.3) is 26.3 Å². The quantitative estimate of drug-likeness (QED) is 0.342. The molecule has 35 heavy (non-hydrogen) atoms. The van der Waals surface area contributed by atoms with Crippen LogP contribution in [0.3, 0.4) is 0 Å². The van der Waals surface area contributed by atoms with E-state index >= 15 is 0 Å². The van der Waals surface area contributed by atoms with E-state index in [-0.39, 0.29) is 11.7 Å². The number of methoxy groups -OCH3 is 1. The zero-order valence-electron chi connectivity index (χ0n) is 19.6. The summed E-state index contributed by atoms with van der Waals surface area (Å²) < 4.78 is 14.2. The Labute approximate surface area is 212 Å². The van der Waals surface area contributed by atoms with Gasteiger partial charge < -0.3 is 14.4 Å². The van der Waals surface area contributed by atoms with Crippen molar-refractivity contribution < 1.29 is 9.47 Å². The van der Waals surface area contributed by atoms with E-state index < -0.39 is 0 Å². The molecule has 2 atom stereocenters. The van der Waals surface area contributed by atoms with E-state index in [2.05, 4.69) is 16.9 Å². The number of benzene rings is 2. The van der Waals surface area contributed by atoms with E-state index in [1.165, 1.54) is 24.2 Å². The molecule has 0 aliphatic carbocycles. The minimum absolute atomic E-state index is 0.108. The predicted molar refractivity (Wildman–Crippen MR) is 140 cm³/mol. The van der Waals surface area contributed by atoms with Crippen LogP contribution in [0.15, 0.2) is 59.7 Å². The van der Waals surface area contributed by atoms with Crippen LogP contribution in [0.5, 0.6) is 11.5 Å². The maximum atomic E-state index is 13.4. The SMILES string of the molecule is COc1cc(-n2cnc3cc(-c4ccc(Cl)cc4)sc3c2=O)ccc1OC1CC2CCC(C1)N2C. The molecule has 0 radical (unpaired) electrons. The largest absolute Gasteiger partial charge is 0.493 e. The molecule has 180 valence electrons. The standard InChI is InChI=1S/C27H26ClN3O3S/c1-30-18-7-8-19(30)12-21(11-18)34-23-10-9-20(13-24(23)33-2)31-15-29-22-14-25(35-26(22)27(31)32)16-3-5-17(28)6-4-16/h3-6,9-10,13-15,18-19,21H,7-8,11-12H2,1-2H3. The Morgan fingerprint density at radius 2 is 1.77 bits per heavy atom. The summed E-state index contributed by atoms with van der Waals surface area (Å²) in [4.78, 5) is 21.4. The lowest BCUT2D eigenvalue weighted by Gasteiger charge is -2.36. The van der Waals surface area contributed by atoms with Gasteiger partial charge in [0, 0.05) is 28.0 Å². The van der Waals surface area contributed by atoms with E-state index in [9.17, 15) is 4.79 Å². The monoisotopic (exact) mass is 507 g/mol. The molecule has 2 aliphatic rings. The van der Waals surface area contributed by atoms with Crippen LogP contribution in [0.1, 0.15) is 25.7 Å². The second-order valence-corrected chi connectivity index (χ2v) is 10.8. The number of thiophene rings is 1. The highest BCUT2D eigenvalue weighted by atomic mass is 35.5. The van der Waals surface area contributed by atoms with Crippen LogP contribution >= 0.6 is 22.9 Å². The summed E-state index contributed by atoms with van der Waals surface area (Å²) in [6.07, 6.45) is 6.32. The van der Waals surface area contributed by atoms with Gasteiger partial charge in [0.1, 0.15) is 17.1 Å². The van der Waals surface area contributed by atoms with Crippen molar-refractivity contribution in [2.75, 3.05) is 14.2 Å². The smallest absolute Gasteiger partial charge is 0.275 e. The average molecular weight is 508 g/mol. The zero-order chi connectivity index (χ0) is 24.1. The first-order chi connectivity index (χ1) is 17.0. The van der Waals surface area contributed by atoms with Gasteiger partial charge in [-0.2, -0.15) is 0 Å². The van der Waals surface area contributed by atoms with Gasteiger partial charge in [-0.3, -0.25) is 9.36 Å². The highest BCUT2D eigenvalue weighted by molar-refractivity contribution is 7.22. The first-order valence-corrected chi connectivity index (χ1v) is 13.0. The topological polar surface area (TPSA) is 56.6 Å². The summed E-state index contributed by atoms with van der Waals surface area (Å²) >= 11 is 7.46. The minimum atomic E-state index is -0.108. The van der Waals surface area contributed by atoms with Gasteiger partial charge in [-0.25, -0.2) is 4.98 Å². The molecule has 6 nitrogen and oxygen atoms in total. The summed E-state index contributed by atoms with van der Waals surface area (Å²) in [5, 5.41) is 0.680. The number of rotatable bonds is 5. The number of nitrogens with zero attached hydrogens (tertiary/aromatic N) is 3. The molecule has 4 aromatic rings. The molecule has 2 unspecified atom stereocenters. The molecule has 2 bridgehead atoms. The Balaban J connectivity index is 1.30. The van der Waals surface area contributed by atoms with E-state index in [0.29, 0.717) is 44.5 Å². The molecule has 2 aromatic heterocycles. The maximum Gasteiger partial charge on any atom is 0.275 e. The first-order valence-electron chi connectivity index (χ1n) is 11.8. The van der Waals surface area contributed by atoms with Crippen molar-refractivity contribution in [3.63, 3.8) is 0 Å². The summed E-state index contributed by atoms with van der Waals surface area (Å²) in [5.74, 6) is 1.34. The van der Waals surface area contributed by atoms with E-state index in [0.717, 1.165) is 23.3 Å². The van der Waals surface area contributed by atoms with Crippen molar-refractivity contribution in [1.82, 2.24) is 14.5 Å². The molecular formula is C27H26ClN3O3S. The first kappa shape index (κ1) is 22.6. The summed E-state index contributed by atoms with van der Waals surface area (Å²) in [6.45, 7) is 0. The van der Waals surface area contributed by atoms with Crippen molar-refractivity contribution >= 4 is 33.2 Å². The third-order valence-electron chi connectivity index (χ3n) is 7.34. The van der Waals surface area contributed by atoms with Gasteiger partial charge in [-0.15, -0.1) is 11.3 Å². The lowest BCUT2D eigenvalue weighted by Crippen LogP contribution is -2.43. The van der Waals surface area contributed by atoms with Crippen LogP contribution in [0.4, 0.5) is 0 Å². The molecule has 2 fully saturated rings. The molecule has 2 aromatic carbocycles. The van der Waals surface area contributed by atoms with Crippen molar-refractivity contribution in [2.24, 2.45) is 0 Å². The molecular weight excluding hydrogens is 482 g/mol. The van der Waals surface area contributed by atoms with Crippen molar-refractivity contribution in [3.05, 3.63) is 70.2 Å². The molecule has 2 aliphatic heterocycles. The zero-order valence-corrected chi connectivity index (χ0v) is 21.2. The Kier molecular flexibility index (Phi) is 5.79. The fourth-order valence-corrected chi connectivity index (χ4v) is 6.57. The molecule has 6 rings (SSSR count).